The molecule has 0 bridgehead atoms. The van der Waals surface area contributed by atoms with Crippen LogP contribution in [0.1, 0.15) is 11.1 Å². The van der Waals surface area contributed by atoms with Crippen molar-refractivity contribution >= 4 is 11.9 Å². The predicted octanol–water partition coefficient (Wildman–Crippen LogP) is 0.496. The lowest BCUT2D eigenvalue weighted by Crippen LogP contribution is -2.57. The lowest BCUT2D eigenvalue weighted by atomic mass is 9.97. The van der Waals surface area contributed by atoms with E-state index in [-0.39, 0.29) is 17.8 Å². The summed E-state index contributed by atoms with van der Waals surface area (Å²) in [6.45, 7) is 2.84. The first-order chi connectivity index (χ1) is 9.51. The number of benzene rings is 1. The van der Waals surface area contributed by atoms with Crippen molar-refractivity contribution in [1.82, 2.24) is 4.90 Å². The van der Waals surface area contributed by atoms with E-state index in [9.17, 15) is 9.59 Å². The first-order valence-corrected chi connectivity index (χ1v) is 6.69. The Labute approximate surface area is 118 Å². The van der Waals surface area contributed by atoms with Crippen molar-refractivity contribution in [1.29, 1.82) is 0 Å². The van der Waals surface area contributed by atoms with Crippen LogP contribution in [0.2, 0.25) is 0 Å². The summed E-state index contributed by atoms with van der Waals surface area (Å²) in [6.07, 6.45) is 0.512. The van der Waals surface area contributed by atoms with Gasteiger partial charge in [-0.3, -0.25) is 9.59 Å². The highest BCUT2D eigenvalue weighted by Crippen LogP contribution is 2.18. The van der Waals surface area contributed by atoms with Gasteiger partial charge < -0.3 is 15.4 Å². The van der Waals surface area contributed by atoms with Crippen molar-refractivity contribution in [2.24, 2.45) is 11.7 Å². The molecular formula is C15H20N2O3. The third kappa shape index (κ3) is 3.17. The number of nitrogens with two attached hydrogens (primary N) is 1. The molecule has 1 amide bonds. The summed E-state index contributed by atoms with van der Waals surface area (Å²) < 4.78 is 4.64. The van der Waals surface area contributed by atoms with Gasteiger partial charge in [-0.05, 0) is 18.9 Å². The molecular weight excluding hydrogens is 256 g/mol. The van der Waals surface area contributed by atoms with Gasteiger partial charge in [0.05, 0.1) is 19.1 Å². The zero-order valence-corrected chi connectivity index (χ0v) is 11.8. The minimum absolute atomic E-state index is 0.106. The van der Waals surface area contributed by atoms with Gasteiger partial charge in [0.2, 0.25) is 5.91 Å². The quantitative estimate of drug-likeness (QED) is 0.813. The second-order valence-corrected chi connectivity index (χ2v) is 5.26. The first-order valence-electron chi connectivity index (χ1n) is 6.69. The molecule has 0 saturated carbocycles. The van der Waals surface area contributed by atoms with E-state index >= 15 is 0 Å². The largest absolute Gasteiger partial charge is 0.469 e. The van der Waals surface area contributed by atoms with E-state index < -0.39 is 6.04 Å². The van der Waals surface area contributed by atoms with Gasteiger partial charge in [-0.15, -0.1) is 0 Å². The van der Waals surface area contributed by atoms with Crippen LogP contribution in [-0.4, -0.2) is 43.0 Å². The number of ether oxygens (including phenoxy) is 1. The van der Waals surface area contributed by atoms with Crippen molar-refractivity contribution in [2.45, 2.75) is 19.4 Å². The zero-order chi connectivity index (χ0) is 14.7. The Morgan fingerprint density at radius 1 is 1.35 bits per heavy atom. The van der Waals surface area contributed by atoms with Gasteiger partial charge in [0, 0.05) is 13.1 Å². The SMILES string of the molecule is COC(=O)C1CN(C(=O)C(N)Cc2ccc(C)cc2)C1. The van der Waals surface area contributed by atoms with E-state index in [1.807, 2.05) is 31.2 Å². The standard InChI is InChI=1S/C15H20N2O3/c1-10-3-5-11(6-4-10)7-13(16)14(18)17-8-12(9-17)15(19)20-2/h3-6,12-13H,7-9,16H2,1-2H3. The average molecular weight is 276 g/mol. The monoisotopic (exact) mass is 276 g/mol. The van der Waals surface area contributed by atoms with Crippen LogP contribution >= 0.6 is 0 Å². The van der Waals surface area contributed by atoms with Gasteiger partial charge in [-0.1, -0.05) is 29.8 Å². The average Bonchev–Trinajstić information content (AvgIpc) is 2.39. The van der Waals surface area contributed by atoms with Crippen LogP contribution in [0.5, 0.6) is 0 Å². The van der Waals surface area contributed by atoms with Crippen molar-refractivity contribution in [3.8, 4) is 0 Å². The van der Waals surface area contributed by atoms with Gasteiger partial charge >= 0.3 is 5.97 Å². The molecule has 1 fully saturated rings. The molecule has 1 aromatic carbocycles. The molecule has 1 aromatic rings. The predicted molar refractivity (Wildman–Crippen MR) is 74.9 cm³/mol. The van der Waals surface area contributed by atoms with E-state index in [1.165, 1.54) is 12.7 Å². The Kier molecular flexibility index (Phi) is 4.39. The third-order valence-corrected chi connectivity index (χ3v) is 3.62. The Hall–Kier alpha value is -1.88. The summed E-state index contributed by atoms with van der Waals surface area (Å²) in [5.41, 5.74) is 8.17. The molecule has 5 heteroatoms. The molecule has 2 N–H and O–H groups in total. The highest BCUT2D eigenvalue weighted by atomic mass is 16.5. The molecule has 0 aromatic heterocycles. The number of carbonyl (C=O) groups excluding carboxylic acids is 2. The van der Waals surface area contributed by atoms with Crippen LogP contribution in [0.25, 0.3) is 0 Å². The molecule has 0 radical (unpaired) electrons. The van der Waals surface area contributed by atoms with Gasteiger partial charge in [-0.2, -0.15) is 0 Å². The highest BCUT2D eigenvalue weighted by molar-refractivity contribution is 5.85. The molecule has 1 aliphatic heterocycles. The van der Waals surface area contributed by atoms with Gasteiger partial charge in [0.25, 0.3) is 0 Å². The van der Waals surface area contributed by atoms with Gasteiger partial charge in [-0.25, -0.2) is 0 Å². The number of rotatable bonds is 4. The molecule has 0 spiro atoms. The molecule has 1 aliphatic rings. The molecule has 2 rings (SSSR count). The summed E-state index contributed by atoms with van der Waals surface area (Å²) in [7, 11) is 1.36. The number of likely N-dealkylation sites (tertiary alicyclic amines) is 1. The Morgan fingerprint density at radius 2 is 1.95 bits per heavy atom. The van der Waals surface area contributed by atoms with Gasteiger partial charge in [0.1, 0.15) is 0 Å². The Morgan fingerprint density at radius 3 is 2.50 bits per heavy atom. The lowest BCUT2D eigenvalue weighted by Gasteiger charge is -2.38. The number of hydrogen-bond donors (Lipinski definition) is 1. The number of nitrogens with zero attached hydrogens (tertiary/aromatic N) is 1. The normalized spacial score (nSPS) is 16.4. The van der Waals surface area contributed by atoms with Crippen molar-refractivity contribution in [3.63, 3.8) is 0 Å². The molecule has 1 heterocycles. The second kappa shape index (κ2) is 6.05. The van der Waals surface area contributed by atoms with Crippen molar-refractivity contribution < 1.29 is 14.3 Å². The van der Waals surface area contributed by atoms with Crippen LogP contribution in [0.4, 0.5) is 0 Å². The third-order valence-electron chi connectivity index (χ3n) is 3.62. The van der Waals surface area contributed by atoms with Crippen LogP contribution in [0.15, 0.2) is 24.3 Å². The number of hydrogen-bond acceptors (Lipinski definition) is 4. The molecule has 1 unspecified atom stereocenters. The number of esters is 1. The molecule has 1 saturated heterocycles. The first kappa shape index (κ1) is 14.5. The Bertz CT molecular complexity index is 492. The van der Waals surface area contributed by atoms with Crippen LogP contribution in [-0.2, 0) is 20.7 Å². The van der Waals surface area contributed by atoms with E-state index in [2.05, 4.69) is 4.74 Å². The maximum absolute atomic E-state index is 12.1. The molecule has 108 valence electrons. The fourth-order valence-corrected chi connectivity index (χ4v) is 2.27. The van der Waals surface area contributed by atoms with Crippen LogP contribution in [0.3, 0.4) is 0 Å². The maximum atomic E-state index is 12.1. The fourth-order valence-electron chi connectivity index (χ4n) is 2.27. The molecule has 20 heavy (non-hydrogen) atoms. The maximum Gasteiger partial charge on any atom is 0.312 e. The number of methoxy groups -OCH3 is 1. The molecule has 1 atom stereocenters. The Balaban J connectivity index is 1.84. The molecule has 0 aliphatic carbocycles. The number of carbonyl (C=O) groups is 2. The lowest BCUT2D eigenvalue weighted by molar-refractivity contribution is -0.156. The summed E-state index contributed by atoms with van der Waals surface area (Å²) in [6, 6.07) is 7.41. The summed E-state index contributed by atoms with van der Waals surface area (Å²) in [5.74, 6) is -0.567. The minimum Gasteiger partial charge on any atom is -0.469 e. The minimum atomic E-state index is -0.559. The number of aryl methyl sites for hydroxylation is 1. The zero-order valence-electron chi connectivity index (χ0n) is 11.8. The second-order valence-electron chi connectivity index (χ2n) is 5.26. The summed E-state index contributed by atoms with van der Waals surface area (Å²) in [4.78, 5) is 25.0. The summed E-state index contributed by atoms with van der Waals surface area (Å²) >= 11 is 0. The van der Waals surface area contributed by atoms with Crippen molar-refractivity contribution in [3.05, 3.63) is 35.4 Å². The molecule has 5 nitrogen and oxygen atoms in total. The highest BCUT2D eigenvalue weighted by Gasteiger charge is 2.37. The summed E-state index contributed by atoms with van der Waals surface area (Å²) in [5, 5.41) is 0. The van der Waals surface area contributed by atoms with Crippen LogP contribution in [0, 0.1) is 12.8 Å². The van der Waals surface area contributed by atoms with Crippen molar-refractivity contribution in [2.75, 3.05) is 20.2 Å². The smallest absolute Gasteiger partial charge is 0.312 e. The van der Waals surface area contributed by atoms with Crippen LogP contribution < -0.4 is 5.73 Å². The van der Waals surface area contributed by atoms with E-state index in [0.717, 1.165) is 5.56 Å². The van der Waals surface area contributed by atoms with Gasteiger partial charge in [0.15, 0.2) is 0 Å². The number of amides is 1. The van der Waals surface area contributed by atoms with E-state index in [0.29, 0.717) is 19.5 Å². The van der Waals surface area contributed by atoms with E-state index in [4.69, 9.17) is 5.73 Å². The fraction of sp³-hybridized carbons (Fsp3) is 0.467. The topological polar surface area (TPSA) is 72.6 Å². The van der Waals surface area contributed by atoms with E-state index in [1.54, 1.807) is 4.90 Å².